The number of carbonyl (C=O) groups is 1. The van der Waals surface area contributed by atoms with Gasteiger partial charge < -0.3 is 5.32 Å². The second-order valence-corrected chi connectivity index (χ2v) is 7.04. The van der Waals surface area contributed by atoms with Crippen molar-refractivity contribution in [2.45, 2.75) is 19.4 Å². The first kappa shape index (κ1) is 16.2. The maximum absolute atomic E-state index is 13.8. The standard InChI is InChI=1S/C16H14Br2FNO/c1-16(2,10-3-5-11(17)6-4-10)20-15(21)13-9-12(18)7-8-14(13)19/h3-9H,1-2H3,(H,20,21). The molecule has 21 heavy (non-hydrogen) atoms. The normalized spacial score (nSPS) is 11.3. The second-order valence-electron chi connectivity index (χ2n) is 5.21. The van der Waals surface area contributed by atoms with Crippen molar-refractivity contribution in [2.75, 3.05) is 0 Å². The van der Waals surface area contributed by atoms with Crippen molar-refractivity contribution in [3.05, 3.63) is 68.4 Å². The molecule has 1 amide bonds. The van der Waals surface area contributed by atoms with Crippen molar-refractivity contribution in [1.29, 1.82) is 0 Å². The Morgan fingerprint density at radius 3 is 2.24 bits per heavy atom. The van der Waals surface area contributed by atoms with Crippen LogP contribution in [-0.4, -0.2) is 5.91 Å². The molecule has 5 heteroatoms. The van der Waals surface area contributed by atoms with Crippen LogP contribution < -0.4 is 5.32 Å². The predicted molar refractivity (Wildman–Crippen MR) is 88.7 cm³/mol. The number of carbonyl (C=O) groups excluding carboxylic acids is 1. The monoisotopic (exact) mass is 413 g/mol. The van der Waals surface area contributed by atoms with Crippen LogP contribution in [0.4, 0.5) is 4.39 Å². The summed E-state index contributed by atoms with van der Waals surface area (Å²) in [5, 5.41) is 2.86. The van der Waals surface area contributed by atoms with Gasteiger partial charge >= 0.3 is 0 Å². The minimum atomic E-state index is -0.605. The van der Waals surface area contributed by atoms with Gasteiger partial charge in [-0.15, -0.1) is 0 Å². The van der Waals surface area contributed by atoms with Crippen LogP contribution in [0.3, 0.4) is 0 Å². The van der Waals surface area contributed by atoms with Crippen molar-refractivity contribution in [1.82, 2.24) is 5.32 Å². The van der Waals surface area contributed by atoms with E-state index >= 15 is 0 Å². The zero-order chi connectivity index (χ0) is 15.6. The molecule has 0 aliphatic rings. The third kappa shape index (κ3) is 3.92. The number of hydrogen-bond acceptors (Lipinski definition) is 1. The van der Waals surface area contributed by atoms with Gasteiger partial charge in [0.15, 0.2) is 0 Å². The fourth-order valence-corrected chi connectivity index (χ4v) is 2.59. The Bertz CT molecular complexity index is 668. The van der Waals surface area contributed by atoms with Gasteiger partial charge in [-0.1, -0.05) is 44.0 Å². The third-order valence-corrected chi connectivity index (χ3v) is 4.19. The zero-order valence-electron chi connectivity index (χ0n) is 11.6. The highest BCUT2D eigenvalue weighted by Crippen LogP contribution is 2.23. The average molecular weight is 415 g/mol. The molecule has 0 aliphatic carbocycles. The van der Waals surface area contributed by atoms with Crippen LogP contribution >= 0.6 is 31.9 Å². The summed E-state index contributed by atoms with van der Waals surface area (Å²) < 4.78 is 15.4. The van der Waals surface area contributed by atoms with E-state index in [4.69, 9.17) is 0 Å². The molecule has 0 fully saturated rings. The van der Waals surface area contributed by atoms with Gasteiger partial charge in [-0.25, -0.2) is 4.39 Å². The Morgan fingerprint density at radius 1 is 1.05 bits per heavy atom. The van der Waals surface area contributed by atoms with E-state index in [0.29, 0.717) is 4.47 Å². The molecule has 2 aromatic rings. The molecule has 0 radical (unpaired) electrons. The van der Waals surface area contributed by atoms with E-state index in [9.17, 15) is 9.18 Å². The minimum Gasteiger partial charge on any atom is -0.343 e. The molecule has 0 saturated heterocycles. The average Bonchev–Trinajstić information content (AvgIpc) is 2.41. The van der Waals surface area contributed by atoms with Gasteiger partial charge in [0.1, 0.15) is 5.82 Å². The molecule has 0 aliphatic heterocycles. The lowest BCUT2D eigenvalue weighted by Gasteiger charge is -2.27. The molecule has 110 valence electrons. The number of amides is 1. The molecule has 0 unspecified atom stereocenters. The highest BCUT2D eigenvalue weighted by atomic mass is 79.9. The Kier molecular flexibility index (Phi) is 4.84. The predicted octanol–water partition coefficient (Wildman–Crippen LogP) is 5.02. The van der Waals surface area contributed by atoms with Crippen molar-refractivity contribution < 1.29 is 9.18 Å². The summed E-state index contributed by atoms with van der Waals surface area (Å²) in [5.74, 6) is -0.982. The number of benzene rings is 2. The number of rotatable bonds is 3. The van der Waals surface area contributed by atoms with Gasteiger partial charge in [0.2, 0.25) is 0 Å². The Morgan fingerprint density at radius 2 is 1.62 bits per heavy atom. The van der Waals surface area contributed by atoms with E-state index < -0.39 is 17.3 Å². The Labute approximate surface area is 140 Å². The third-order valence-electron chi connectivity index (χ3n) is 3.16. The van der Waals surface area contributed by atoms with Crippen LogP contribution in [0.2, 0.25) is 0 Å². The fraction of sp³-hybridized carbons (Fsp3) is 0.188. The molecule has 0 heterocycles. The summed E-state index contributed by atoms with van der Waals surface area (Å²) in [6, 6.07) is 12.0. The first-order valence-corrected chi connectivity index (χ1v) is 7.92. The van der Waals surface area contributed by atoms with Crippen LogP contribution in [0.15, 0.2) is 51.4 Å². The van der Waals surface area contributed by atoms with Gasteiger partial charge in [-0.3, -0.25) is 4.79 Å². The molecule has 2 rings (SSSR count). The fourth-order valence-electron chi connectivity index (χ4n) is 1.96. The summed E-state index contributed by atoms with van der Waals surface area (Å²) in [6.07, 6.45) is 0. The van der Waals surface area contributed by atoms with E-state index in [2.05, 4.69) is 37.2 Å². The Hall–Kier alpha value is -1.20. The van der Waals surface area contributed by atoms with Crippen molar-refractivity contribution >= 4 is 37.8 Å². The van der Waals surface area contributed by atoms with Gasteiger partial charge in [-0.05, 0) is 49.7 Å². The van der Waals surface area contributed by atoms with Crippen molar-refractivity contribution in [3.8, 4) is 0 Å². The van der Waals surface area contributed by atoms with Crippen LogP contribution in [0, 0.1) is 5.82 Å². The largest absolute Gasteiger partial charge is 0.343 e. The maximum Gasteiger partial charge on any atom is 0.254 e. The van der Waals surface area contributed by atoms with Crippen molar-refractivity contribution in [2.24, 2.45) is 0 Å². The first-order valence-electron chi connectivity index (χ1n) is 6.33. The molecular weight excluding hydrogens is 401 g/mol. The van der Waals surface area contributed by atoms with Crippen molar-refractivity contribution in [3.63, 3.8) is 0 Å². The van der Waals surface area contributed by atoms with E-state index in [-0.39, 0.29) is 5.56 Å². The zero-order valence-corrected chi connectivity index (χ0v) is 14.8. The lowest BCUT2D eigenvalue weighted by molar-refractivity contribution is 0.0908. The topological polar surface area (TPSA) is 29.1 Å². The molecule has 0 spiro atoms. The second kappa shape index (κ2) is 6.28. The van der Waals surface area contributed by atoms with Crippen LogP contribution in [0.1, 0.15) is 29.8 Å². The SMILES string of the molecule is CC(C)(NC(=O)c1cc(Br)ccc1F)c1ccc(Br)cc1. The Balaban J connectivity index is 2.25. The maximum atomic E-state index is 13.8. The van der Waals surface area contributed by atoms with E-state index in [1.807, 2.05) is 38.1 Å². The number of hydrogen-bond donors (Lipinski definition) is 1. The number of nitrogens with one attached hydrogen (secondary N) is 1. The summed E-state index contributed by atoms with van der Waals surface area (Å²) in [6.45, 7) is 3.76. The highest BCUT2D eigenvalue weighted by molar-refractivity contribution is 9.10. The summed E-state index contributed by atoms with van der Waals surface area (Å²) in [4.78, 5) is 12.3. The summed E-state index contributed by atoms with van der Waals surface area (Å²) >= 11 is 6.62. The molecule has 0 atom stereocenters. The van der Waals surface area contributed by atoms with Gasteiger partial charge in [-0.2, -0.15) is 0 Å². The summed E-state index contributed by atoms with van der Waals surface area (Å²) in [7, 11) is 0. The molecule has 0 saturated carbocycles. The van der Waals surface area contributed by atoms with E-state index in [0.717, 1.165) is 10.0 Å². The van der Waals surface area contributed by atoms with Gasteiger partial charge in [0.05, 0.1) is 11.1 Å². The molecule has 1 N–H and O–H groups in total. The first-order chi connectivity index (χ1) is 9.79. The highest BCUT2D eigenvalue weighted by Gasteiger charge is 2.24. The van der Waals surface area contributed by atoms with E-state index in [1.54, 1.807) is 6.07 Å². The lowest BCUT2D eigenvalue weighted by atomic mass is 9.94. The van der Waals surface area contributed by atoms with Gasteiger partial charge in [0.25, 0.3) is 5.91 Å². The lowest BCUT2D eigenvalue weighted by Crippen LogP contribution is -2.41. The molecule has 2 nitrogen and oxygen atoms in total. The van der Waals surface area contributed by atoms with E-state index in [1.165, 1.54) is 12.1 Å². The molecule has 2 aromatic carbocycles. The quantitative estimate of drug-likeness (QED) is 0.750. The molecule has 0 bridgehead atoms. The van der Waals surface area contributed by atoms with Crippen LogP contribution in [0.25, 0.3) is 0 Å². The minimum absolute atomic E-state index is 0.0227. The van der Waals surface area contributed by atoms with Gasteiger partial charge in [0, 0.05) is 8.95 Å². The van der Waals surface area contributed by atoms with Crippen LogP contribution in [-0.2, 0) is 5.54 Å². The number of halogens is 3. The summed E-state index contributed by atoms with van der Waals surface area (Å²) in [5.41, 5.74) is 0.357. The molecular formula is C16H14Br2FNO. The van der Waals surface area contributed by atoms with Crippen LogP contribution in [0.5, 0.6) is 0 Å². The smallest absolute Gasteiger partial charge is 0.254 e. The molecule has 0 aromatic heterocycles.